The van der Waals surface area contributed by atoms with E-state index < -0.39 is 0 Å². The molecule has 0 bridgehead atoms. The fraction of sp³-hybridized carbons (Fsp3) is 0. The van der Waals surface area contributed by atoms with Crippen molar-refractivity contribution in [3.8, 4) is 0 Å². The molecule has 1 aromatic heterocycles. The Kier molecular flexibility index (Phi) is 3.84. The van der Waals surface area contributed by atoms with Gasteiger partial charge in [-0.1, -0.05) is 66.2 Å². The molecule has 0 aliphatic rings. The number of nitrogens with zero attached hydrogens (tertiary/aromatic N) is 1. The highest BCUT2D eigenvalue weighted by Crippen LogP contribution is 2.42. The second-order valence-electron chi connectivity index (χ2n) is 6.40. The minimum Gasteiger partial charge on any atom is -0.454 e. The molecular formula is C24H16ClNO. The SMILES string of the molecule is Clc1cccc(N(c2ccccc2)c2cccc3c2oc2ccccc23)c1. The summed E-state index contributed by atoms with van der Waals surface area (Å²) in [6.45, 7) is 0. The van der Waals surface area contributed by atoms with Crippen LogP contribution in [0.5, 0.6) is 0 Å². The van der Waals surface area contributed by atoms with Gasteiger partial charge in [-0.05, 0) is 42.5 Å². The number of benzene rings is 4. The number of furan rings is 1. The van der Waals surface area contributed by atoms with Gasteiger partial charge in [-0.25, -0.2) is 0 Å². The number of halogens is 1. The van der Waals surface area contributed by atoms with Crippen LogP contribution in [0.15, 0.2) is 101 Å². The molecule has 3 heteroatoms. The highest BCUT2D eigenvalue weighted by atomic mass is 35.5. The zero-order valence-electron chi connectivity index (χ0n) is 14.5. The second-order valence-corrected chi connectivity index (χ2v) is 6.84. The van der Waals surface area contributed by atoms with E-state index in [4.69, 9.17) is 16.0 Å². The molecule has 130 valence electrons. The van der Waals surface area contributed by atoms with Gasteiger partial charge in [0, 0.05) is 27.2 Å². The monoisotopic (exact) mass is 369 g/mol. The average molecular weight is 370 g/mol. The third-order valence-corrected chi connectivity index (χ3v) is 4.94. The molecule has 5 aromatic rings. The van der Waals surface area contributed by atoms with Gasteiger partial charge in [0.2, 0.25) is 0 Å². The molecule has 0 atom stereocenters. The number of hydrogen-bond donors (Lipinski definition) is 0. The second kappa shape index (κ2) is 6.49. The summed E-state index contributed by atoms with van der Waals surface area (Å²) in [5.74, 6) is 0. The van der Waals surface area contributed by atoms with Gasteiger partial charge in [0.15, 0.2) is 5.58 Å². The number of hydrogen-bond acceptors (Lipinski definition) is 2. The van der Waals surface area contributed by atoms with Crippen molar-refractivity contribution in [3.05, 3.63) is 102 Å². The molecule has 0 N–H and O–H groups in total. The third-order valence-electron chi connectivity index (χ3n) is 4.71. The molecule has 0 aliphatic heterocycles. The largest absolute Gasteiger partial charge is 0.454 e. The van der Waals surface area contributed by atoms with E-state index in [0.29, 0.717) is 5.02 Å². The van der Waals surface area contributed by atoms with E-state index in [1.54, 1.807) is 0 Å². The third kappa shape index (κ3) is 2.75. The Hall–Kier alpha value is -3.23. The van der Waals surface area contributed by atoms with Gasteiger partial charge in [0.05, 0.1) is 5.69 Å². The van der Waals surface area contributed by atoms with E-state index >= 15 is 0 Å². The predicted octanol–water partition coefficient (Wildman–Crippen LogP) is 7.71. The van der Waals surface area contributed by atoms with E-state index in [0.717, 1.165) is 39.0 Å². The van der Waals surface area contributed by atoms with Crippen molar-refractivity contribution in [2.75, 3.05) is 4.90 Å². The van der Waals surface area contributed by atoms with Crippen molar-refractivity contribution < 1.29 is 4.42 Å². The zero-order chi connectivity index (χ0) is 18.2. The summed E-state index contributed by atoms with van der Waals surface area (Å²) in [7, 11) is 0. The molecule has 27 heavy (non-hydrogen) atoms. The normalized spacial score (nSPS) is 11.1. The van der Waals surface area contributed by atoms with Crippen LogP contribution in [0.2, 0.25) is 5.02 Å². The van der Waals surface area contributed by atoms with Crippen molar-refractivity contribution >= 4 is 50.6 Å². The van der Waals surface area contributed by atoms with Crippen LogP contribution in [0, 0.1) is 0 Å². The minimum atomic E-state index is 0.699. The summed E-state index contributed by atoms with van der Waals surface area (Å²) in [4.78, 5) is 2.18. The van der Waals surface area contributed by atoms with Crippen LogP contribution < -0.4 is 4.90 Å². The van der Waals surface area contributed by atoms with Crippen LogP contribution in [0.25, 0.3) is 21.9 Å². The van der Waals surface area contributed by atoms with Crippen molar-refractivity contribution in [2.24, 2.45) is 0 Å². The van der Waals surface area contributed by atoms with Crippen LogP contribution in [0.4, 0.5) is 17.1 Å². The van der Waals surface area contributed by atoms with Gasteiger partial charge < -0.3 is 9.32 Å². The summed E-state index contributed by atoms with van der Waals surface area (Å²) in [6.07, 6.45) is 0. The number of fused-ring (bicyclic) bond motifs is 3. The summed E-state index contributed by atoms with van der Waals surface area (Å²) >= 11 is 6.30. The molecule has 1 heterocycles. The maximum absolute atomic E-state index is 6.30. The Morgan fingerprint density at radius 2 is 1.33 bits per heavy atom. The molecule has 0 radical (unpaired) electrons. The quantitative estimate of drug-likeness (QED) is 0.324. The summed E-state index contributed by atoms with van der Waals surface area (Å²) in [6, 6.07) is 32.5. The smallest absolute Gasteiger partial charge is 0.159 e. The van der Waals surface area contributed by atoms with Crippen molar-refractivity contribution in [1.29, 1.82) is 0 Å². The number of anilines is 3. The number of rotatable bonds is 3. The topological polar surface area (TPSA) is 16.4 Å². The highest BCUT2D eigenvalue weighted by molar-refractivity contribution is 6.30. The molecule has 4 aromatic carbocycles. The Bertz CT molecular complexity index is 1240. The van der Waals surface area contributed by atoms with Crippen LogP contribution in [0.3, 0.4) is 0 Å². The molecule has 0 fully saturated rings. The maximum atomic E-state index is 6.30. The standard InChI is InChI=1S/C24H16ClNO/c25-17-8-6-11-19(16-17)26(18-9-2-1-3-10-18)22-14-7-13-21-20-12-4-5-15-23(20)27-24(21)22/h1-16H. The Morgan fingerprint density at radius 3 is 2.19 bits per heavy atom. The molecule has 0 spiro atoms. The first kappa shape index (κ1) is 16.0. The van der Waals surface area contributed by atoms with Gasteiger partial charge >= 0.3 is 0 Å². The van der Waals surface area contributed by atoms with Crippen LogP contribution >= 0.6 is 11.6 Å². The van der Waals surface area contributed by atoms with Crippen molar-refractivity contribution in [1.82, 2.24) is 0 Å². The molecule has 0 saturated carbocycles. The fourth-order valence-corrected chi connectivity index (χ4v) is 3.71. The van der Waals surface area contributed by atoms with Gasteiger partial charge in [-0.15, -0.1) is 0 Å². The maximum Gasteiger partial charge on any atom is 0.159 e. The van der Waals surface area contributed by atoms with Gasteiger partial charge in [-0.2, -0.15) is 0 Å². The Labute approximate surface area is 162 Å². The molecular weight excluding hydrogens is 354 g/mol. The summed E-state index contributed by atoms with van der Waals surface area (Å²) < 4.78 is 6.26. The van der Waals surface area contributed by atoms with Gasteiger partial charge in [0.25, 0.3) is 0 Å². The molecule has 0 saturated heterocycles. The van der Waals surface area contributed by atoms with E-state index in [1.807, 2.05) is 54.6 Å². The average Bonchev–Trinajstić information content (AvgIpc) is 3.09. The van der Waals surface area contributed by atoms with Gasteiger partial charge in [-0.3, -0.25) is 0 Å². The van der Waals surface area contributed by atoms with E-state index in [2.05, 4.69) is 47.4 Å². The van der Waals surface area contributed by atoms with Gasteiger partial charge in [0.1, 0.15) is 5.58 Å². The Morgan fingerprint density at radius 1 is 0.630 bits per heavy atom. The lowest BCUT2D eigenvalue weighted by molar-refractivity contribution is 0.669. The minimum absolute atomic E-state index is 0.699. The number of para-hydroxylation sites is 3. The molecule has 2 nitrogen and oxygen atoms in total. The highest BCUT2D eigenvalue weighted by Gasteiger charge is 2.18. The Balaban J connectivity index is 1.82. The first-order chi connectivity index (χ1) is 13.3. The van der Waals surface area contributed by atoms with Crippen LogP contribution in [-0.2, 0) is 0 Å². The summed E-state index contributed by atoms with van der Waals surface area (Å²) in [5, 5.41) is 2.92. The van der Waals surface area contributed by atoms with Crippen molar-refractivity contribution in [2.45, 2.75) is 0 Å². The lowest BCUT2D eigenvalue weighted by Crippen LogP contribution is -2.09. The van der Waals surface area contributed by atoms with Crippen LogP contribution in [0.1, 0.15) is 0 Å². The van der Waals surface area contributed by atoms with E-state index in [9.17, 15) is 0 Å². The summed E-state index contributed by atoms with van der Waals surface area (Å²) in [5.41, 5.74) is 4.77. The van der Waals surface area contributed by atoms with E-state index in [1.165, 1.54) is 0 Å². The molecule has 0 unspecified atom stereocenters. The van der Waals surface area contributed by atoms with Crippen LogP contribution in [-0.4, -0.2) is 0 Å². The first-order valence-corrected chi connectivity index (χ1v) is 9.20. The van der Waals surface area contributed by atoms with Crippen molar-refractivity contribution in [3.63, 3.8) is 0 Å². The zero-order valence-corrected chi connectivity index (χ0v) is 15.2. The molecule has 0 amide bonds. The lowest BCUT2D eigenvalue weighted by atomic mass is 10.1. The molecule has 5 rings (SSSR count). The van der Waals surface area contributed by atoms with E-state index in [-0.39, 0.29) is 0 Å². The molecule has 0 aliphatic carbocycles. The first-order valence-electron chi connectivity index (χ1n) is 8.82. The predicted molar refractivity (Wildman–Crippen MR) is 113 cm³/mol. The fourth-order valence-electron chi connectivity index (χ4n) is 3.53. The lowest BCUT2D eigenvalue weighted by Gasteiger charge is -2.25.